The lowest BCUT2D eigenvalue weighted by Crippen LogP contribution is -2.40. The SMILES string of the molecule is NC(O)c1cccc2cn(-c3ccc([C@@]4(F)CCCNC4)cc3F)nc12. The Bertz CT molecular complexity index is 948. The maximum Gasteiger partial charge on any atom is 0.149 e. The van der Waals surface area contributed by atoms with E-state index in [1.54, 1.807) is 30.5 Å². The minimum absolute atomic E-state index is 0.190. The first kappa shape index (κ1) is 17.1. The standard InChI is InChI=1S/C19H20F2N4O/c20-15-9-13(19(21)7-2-8-23-11-19)5-6-16(15)25-10-12-3-1-4-14(18(22)26)17(12)24-25/h1,3-6,9-10,18,23,26H,2,7-8,11,22H2/t18?,19-/m1/s1. The lowest BCUT2D eigenvalue weighted by molar-refractivity contribution is 0.121. The van der Waals surface area contributed by atoms with Crippen LogP contribution in [0.5, 0.6) is 0 Å². The fraction of sp³-hybridized carbons (Fsp3) is 0.316. The third kappa shape index (κ3) is 2.88. The number of aromatic nitrogens is 2. The number of hydrogen-bond acceptors (Lipinski definition) is 4. The van der Waals surface area contributed by atoms with E-state index < -0.39 is 17.7 Å². The molecule has 0 radical (unpaired) electrons. The van der Waals surface area contributed by atoms with Gasteiger partial charge in [0.1, 0.15) is 23.4 Å². The Labute approximate surface area is 149 Å². The number of alkyl halides is 1. The number of benzene rings is 2. The van der Waals surface area contributed by atoms with Gasteiger partial charge in [-0.1, -0.05) is 24.3 Å². The Morgan fingerprint density at radius 3 is 2.85 bits per heavy atom. The van der Waals surface area contributed by atoms with Crippen molar-refractivity contribution in [1.29, 1.82) is 0 Å². The molecular weight excluding hydrogens is 338 g/mol. The van der Waals surface area contributed by atoms with Gasteiger partial charge in [-0.2, -0.15) is 5.10 Å². The molecule has 4 rings (SSSR count). The summed E-state index contributed by atoms with van der Waals surface area (Å²) in [5.74, 6) is -0.548. The van der Waals surface area contributed by atoms with Crippen LogP contribution in [-0.2, 0) is 5.67 Å². The highest BCUT2D eigenvalue weighted by Crippen LogP contribution is 2.34. The van der Waals surface area contributed by atoms with E-state index in [1.807, 2.05) is 0 Å². The predicted octanol–water partition coefficient (Wildman–Crippen LogP) is 2.66. The zero-order valence-electron chi connectivity index (χ0n) is 14.1. The Morgan fingerprint density at radius 1 is 1.31 bits per heavy atom. The van der Waals surface area contributed by atoms with E-state index in [-0.39, 0.29) is 12.2 Å². The van der Waals surface area contributed by atoms with Gasteiger partial charge >= 0.3 is 0 Å². The third-order valence-corrected chi connectivity index (χ3v) is 4.93. The van der Waals surface area contributed by atoms with Gasteiger partial charge in [0.05, 0.1) is 5.52 Å². The fourth-order valence-electron chi connectivity index (χ4n) is 3.52. The van der Waals surface area contributed by atoms with Gasteiger partial charge in [-0.05, 0) is 37.1 Å². The molecule has 0 saturated carbocycles. The first-order valence-electron chi connectivity index (χ1n) is 8.60. The summed E-state index contributed by atoms with van der Waals surface area (Å²) < 4.78 is 31.1. The van der Waals surface area contributed by atoms with Crippen LogP contribution in [0.25, 0.3) is 16.6 Å². The number of hydrogen-bond donors (Lipinski definition) is 3. The predicted molar refractivity (Wildman–Crippen MR) is 95.1 cm³/mol. The highest BCUT2D eigenvalue weighted by Gasteiger charge is 2.34. The molecule has 2 atom stereocenters. The van der Waals surface area contributed by atoms with Crippen molar-refractivity contribution in [3.05, 3.63) is 59.5 Å². The molecule has 0 bridgehead atoms. The van der Waals surface area contributed by atoms with Crippen molar-refractivity contribution in [2.45, 2.75) is 24.7 Å². The molecule has 1 aromatic heterocycles. The molecule has 4 N–H and O–H groups in total. The smallest absolute Gasteiger partial charge is 0.149 e. The average molecular weight is 358 g/mol. The van der Waals surface area contributed by atoms with Crippen molar-refractivity contribution in [3.63, 3.8) is 0 Å². The summed E-state index contributed by atoms with van der Waals surface area (Å²) in [4.78, 5) is 0. The van der Waals surface area contributed by atoms with Gasteiger partial charge in [0, 0.05) is 23.7 Å². The highest BCUT2D eigenvalue weighted by molar-refractivity contribution is 5.82. The number of nitrogens with zero attached hydrogens (tertiary/aromatic N) is 2. The minimum atomic E-state index is -1.55. The zero-order chi connectivity index (χ0) is 18.3. The van der Waals surface area contributed by atoms with Crippen molar-refractivity contribution >= 4 is 10.9 Å². The fourth-order valence-corrected chi connectivity index (χ4v) is 3.52. The van der Waals surface area contributed by atoms with Crippen molar-refractivity contribution in [2.75, 3.05) is 13.1 Å². The topological polar surface area (TPSA) is 76.1 Å². The van der Waals surface area contributed by atoms with Crippen molar-refractivity contribution in [2.24, 2.45) is 5.73 Å². The number of rotatable bonds is 3. The molecule has 2 aromatic carbocycles. The number of piperidine rings is 1. The lowest BCUT2D eigenvalue weighted by Gasteiger charge is -2.30. The number of aliphatic hydroxyl groups excluding tert-OH is 1. The number of halogens is 2. The molecule has 26 heavy (non-hydrogen) atoms. The van der Waals surface area contributed by atoms with E-state index >= 15 is 4.39 Å². The van der Waals surface area contributed by atoms with Gasteiger partial charge < -0.3 is 16.2 Å². The molecular formula is C19H20F2N4O. The molecule has 1 unspecified atom stereocenters. The second kappa shape index (κ2) is 6.42. The van der Waals surface area contributed by atoms with Crippen LogP contribution >= 0.6 is 0 Å². The Morgan fingerprint density at radius 2 is 2.15 bits per heavy atom. The minimum Gasteiger partial charge on any atom is -0.374 e. The van der Waals surface area contributed by atoms with Gasteiger partial charge in [0.25, 0.3) is 0 Å². The lowest BCUT2D eigenvalue weighted by atomic mass is 9.88. The quantitative estimate of drug-likeness (QED) is 0.629. The van der Waals surface area contributed by atoms with Gasteiger partial charge in [0.15, 0.2) is 0 Å². The molecule has 5 nitrogen and oxygen atoms in total. The second-order valence-corrected chi connectivity index (χ2v) is 6.72. The summed E-state index contributed by atoms with van der Waals surface area (Å²) in [6, 6.07) is 9.62. The Kier molecular flexibility index (Phi) is 4.22. The van der Waals surface area contributed by atoms with E-state index in [0.29, 0.717) is 29.5 Å². The molecule has 0 aliphatic carbocycles. The van der Waals surface area contributed by atoms with Crippen LogP contribution < -0.4 is 11.1 Å². The molecule has 0 amide bonds. The second-order valence-electron chi connectivity index (χ2n) is 6.72. The average Bonchev–Trinajstić information content (AvgIpc) is 3.05. The monoisotopic (exact) mass is 358 g/mol. The van der Waals surface area contributed by atoms with E-state index in [4.69, 9.17) is 5.73 Å². The van der Waals surface area contributed by atoms with Crippen LogP contribution in [-0.4, -0.2) is 28.0 Å². The summed E-state index contributed by atoms with van der Waals surface area (Å²) in [6.07, 6.45) is 1.59. The zero-order valence-corrected chi connectivity index (χ0v) is 14.1. The maximum atomic E-state index is 15.0. The molecule has 1 aliphatic heterocycles. The highest BCUT2D eigenvalue weighted by atomic mass is 19.1. The molecule has 1 fully saturated rings. The van der Waals surface area contributed by atoms with Crippen LogP contribution in [0.2, 0.25) is 0 Å². The third-order valence-electron chi connectivity index (χ3n) is 4.93. The van der Waals surface area contributed by atoms with E-state index in [0.717, 1.165) is 11.9 Å². The van der Waals surface area contributed by atoms with Crippen LogP contribution in [0.15, 0.2) is 42.6 Å². The molecule has 1 aliphatic rings. The molecule has 2 heterocycles. The first-order chi connectivity index (χ1) is 12.5. The van der Waals surface area contributed by atoms with Gasteiger partial charge in [-0.15, -0.1) is 0 Å². The number of fused-ring (bicyclic) bond motifs is 1. The van der Waals surface area contributed by atoms with E-state index in [2.05, 4.69) is 10.4 Å². The normalized spacial score (nSPS) is 21.8. The summed E-state index contributed by atoms with van der Waals surface area (Å²) in [5.41, 5.74) is 5.53. The number of nitrogens with one attached hydrogen (secondary N) is 1. The van der Waals surface area contributed by atoms with Crippen LogP contribution in [0, 0.1) is 5.82 Å². The molecule has 0 spiro atoms. The largest absolute Gasteiger partial charge is 0.374 e. The Balaban J connectivity index is 1.74. The van der Waals surface area contributed by atoms with Gasteiger partial charge in [-0.25, -0.2) is 13.5 Å². The van der Waals surface area contributed by atoms with Crippen molar-refractivity contribution in [3.8, 4) is 5.69 Å². The van der Waals surface area contributed by atoms with Crippen molar-refractivity contribution < 1.29 is 13.9 Å². The molecule has 1 saturated heterocycles. The van der Waals surface area contributed by atoms with Crippen LogP contribution in [0.3, 0.4) is 0 Å². The summed E-state index contributed by atoms with van der Waals surface area (Å²) in [7, 11) is 0. The van der Waals surface area contributed by atoms with Crippen LogP contribution in [0.4, 0.5) is 8.78 Å². The van der Waals surface area contributed by atoms with E-state index in [1.165, 1.54) is 16.8 Å². The summed E-state index contributed by atoms with van der Waals surface area (Å²) >= 11 is 0. The molecule has 7 heteroatoms. The number of aliphatic hydroxyl groups is 1. The maximum absolute atomic E-state index is 15.0. The summed E-state index contributed by atoms with van der Waals surface area (Å²) in [6.45, 7) is 0.969. The summed E-state index contributed by atoms with van der Waals surface area (Å²) in [5, 5.41) is 17.8. The van der Waals surface area contributed by atoms with Gasteiger partial charge in [0.2, 0.25) is 0 Å². The van der Waals surface area contributed by atoms with Crippen molar-refractivity contribution in [1.82, 2.24) is 15.1 Å². The molecule has 136 valence electrons. The van der Waals surface area contributed by atoms with E-state index in [9.17, 15) is 9.50 Å². The van der Waals surface area contributed by atoms with Gasteiger partial charge in [-0.3, -0.25) is 0 Å². The van der Waals surface area contributed by atoms with Crippen LogP contribution in [0.1, 0.15) is 30.2 Å². The number of nitrogens with two attached hydrogens (primary N) is 1. The first-order valence-corrected chi connectivity index (χ1v) is 8.60. The molecule has 3 aromatic rings. The Hall–Kier alpha value is -2.35.